The Labute approximate surface area is 74.3 Å². The molecule has 0 aliphatic rings. The van der Waals surface area contributed by atoms with Crippen LogP contribution in [0.3, 0.4) is 0 Å². The standard InChI is InChI=1S/C7H21N5/c8-1-2-10-3-4-11-5-6-12-7-9/h10-12H,1-9H2. The highest BCUT2D eigenvalue weighted by Crippen LogP contribution is 1.59. The normalized spacial score (nSPS) is 10.5. The first-order valence-corrected chi connectivity index (χ1v) is 4.44. The molecule has 0 saturated heterocycles. The first kappa shape index (κ1) is 11.8. The lowest BCUT2D eigenvalue weighted by Gasteiger charge is -2.05. The summed E-state index contributed by atoms with van der Waals surface area (Å²) in [5, 5.41) is 9.48. The van der Waals surface area contributed by atoms with Crippen LogP contribution in [-0.4, -0.2) is 45.9 Å². The predicted octanol–water partition coefficient (Wildman–Crippen LogP) is -2.37. The van der Waals surface area contributed by atoms with Gasteiger partial charge in [0.05, 0.1) is 0 Å². The summed E-state index contributed by atoms with van der Waals surface area (Å²) in [7, 11) is 0. The zero-order valence-electron chi connectivity index (χ0n) is 7.60. The minimum atomic E-state index is 0.549. The first-order valence-electron chi connectivity index (χ1n) is 4.44. The summed E-state index contributed by atoms with van der Waals surface area (Å²) >= 11 is 0. The number of nitrogens with one attached hydrogen (secondary N) is 3. The average molecular weight is 175 g/mol. The van der Waals surface area contributed by atoms with Gasteiger partial charge in [0.25, 0.3) is 0 Å². The van der Waals surface area contributed by atoms with E-state index in [1.54, 1.807) is 0 Å². The molecule has 0 bridgehead atoms. The molecule has 74 valence electrons. The van der Waals surface area contributed by atoms with Crippen LogP contribution in [0.1, 0.15) is 0 Å². The number of hydrogen-bond acceptors (Lipinski definition) is 5. The second-order valence-corrected chi connectivity index (χ2v) is 2.49. The van der Waals surface area contributed by atoms with Gasteiger partial charge in [0.15, 0.2) is 0 Å². The van der Waals surface area contributed by atoms with Crippen LogP contribution >= 0.6 is 0 Å². The fourth-order valence-corrected chi connectivity index (χ4v) is 0.808. The molecule has 0 saturated carbocycles. The van der Waals surface area contributed by atoms with Gasteiger partial charge in [-0.1, -0.05) is 0 Å². The Morgan fingerprint density at radius 3 is 1.67 bits per heavy atom. The number of nitrogens with two attached hydrogens (primary N) is 2. The van der Waals surface area contributed by atoms with E-state index in [-0.39, 0.29) is 0 Å². The van der Waals surface area contributed by atoms with E-state index >= 15 is 0 Å². The van der Waals surface area contributed by atoms with E-state index < -0.39 is 0 Å². The van der Waals surface area contributed by atoms with Crippen LogP contribution in [-0.2, 0) is 0 Å². The zero-order chi connectivity index (χ0) is 9.07. The van der Waals surface area contributed by atoms with Gasteiger partial charge < -0.3 is 27.4 Å². The van der Waals surface area contributed by atoms with Gasteiger partial charge in [-0.25, -0.2) is 0 Å². The van der Waals surface area contributed by atoms with Gasteiger partial charge in [-0.2, -0.15) is 0 Å². The van der Waals surface area contributed by atoms with Crippen LogP contribution in [0.15, 0.2) is 0 Å². The smallest absolute Gasteiger partial charge is 0.0429 e. The fourth-order valence-electron chi connectivity index (χ4n) is 0.808. The molecule has 12 heavy (non-hydrogen) atoms. The molecule has 0 atom stereocenters. The van der Waals surface area contributed by atoms with Crippen molar-refractivity contribution in [1.82, 2.24) is 16.0 Å². The van der Waals surface area contributed by atoms with Gasteiger partial charge in [-0.3, -0.25) is 0 Å². The zero-order valence-corrected chi connectivity index (χ0v) is 7.60. The van der Waals surface area contributed by atoms with Crippen molar-refractivity contribution in [3.63, 3.8) is 0 Å². The van der Waals surface area contributed by atoms with Crippen molar-refractivity contribution >= 4 is 0 Å². The summed E-state index contributed by atoms with van der Waals surface area (Å²) in [6.45, 7) is 5.98. The van der Waals surface area contributed by atoms with E-state index in [9.17, 15) is 0 Å². The van der Waals surface area contributed by atoms with Crippen molar-refractivity contribution in [1.29, 1.82) is 0 Å². The lowest BCUT2D eigenvalue weighted by atomic mass is 10.5. The Morgan fingerprint density at radius 1 is 0.667 bits per heavy atom. The van der Waals surface area contributed by atoms with E-state index in [1.807, 2.05) is 0 Å². The van der Waals surface area contributed by atoms with E-state index in [4.69, 9.17) is 11.5 Å². The molecule has 0 unspecified atom stereocenters. The van der Waals surface area contributed by atoms with Crippen LogP contribution in [0.25, 0.3) is 0 Å². The van der Waals surface area contributed by atoms with Gasteiger partial charge in [-0.15, -0.1) is 0 Å². The molecule has 0 aromatic heterocycles. The van der Waals surface area contributed by atoms with Crippen LogP contribution in [0.2, 0.25) is 0 Å². The topological polar surface area (TPSA) is 88.1 Å². The van der Waals surface area contributed by atoms with E-state index in [0.29, 0.717) is 13.2 Å². The Bertz CT molecular complexity index is 68.2. The first-order chi connectivity index (χ1) is 5.91. The molecule has 0 rings (SSSR count). The number of rotatable bonds is 9. The second-order valence-electron chi connectivity index (χ2n) is 2.49. The van der Waals surface area contributed by atoms with Crippen molar-refractivity contribution in [3.05, 3.63) is 0 Å². The molecule has 0 spiro atoms. The van der Waals surface area contributed by atoms with E-state index in [2.05, 4.69) is 16.0 Å². The monoisotopic (exact) mass is 175 g/mol. The summed E-state index contributed by atoms with van der Waals surface area (Å²) in [5.41, 5.74) is 10.5. The highest BCUT2D eigenvalue weighted by atomic mass is 15.0. The van der Waals surface area contributed by atoms with Gasteiger partial charge >= 0.3 is 0 Å². The third kappa shape index (κ3) is 9.80. The third-order valence-corrected chi connectivity index (χ3v) is 1.42. The average Bonchev–Trinajstić information content (AvgIpc) is 2.10. The molecule has 0 aromatic rings. The molecule has 0 fully saturated rings. The molecule has 0 aromatic carbocycles. The predicted molar refractivity (Wildman–Crippen MR) is 51.9 cm³/mol. The van der Waals surface area contributed by atoms with Gasteiger partial charge in [-0.05, 0) is 0 Å². The molecular formula is C7H21N5. The summed E-state index contributed by atoms with van der Waals surface area (Å²) in [4.78, 5) is 0. The maximum absolute atomic E-state index is 5.30. The summed E-state index contributed by atoms with van der Waals surface area (Å²) in [6.07, 6.45) is 0. The van der Waals surface area contributed by atoms with Crippen molar-refractivity contribution in [3.8, 4) is 0 Å². The maximum Gasteiger partial charge on any atom is 0.0429 e. The van der Waals surface area contributed by atoms with Gasteiger partial charge in [0.2, 0.25) is 0 Å². The van der Waals surface area contributed by atoms with Crippen LogP contribution in [0.4, 0.5) is 0 Å². The minimum absolute atomic E-state index is 0.549. The molecule has 0 aliphatic heterocycles. The molecule has 0 amide bonds. The van der Waals surface area contributed by atoms with Crippen molar-refractivity contribution in [2.75, 3.05) is 45.9 Å². The molecular weight excluding hydrogens is 154 g/mol. The third-order valence-electron chi connectivity index (χ3n) is 1.42. The van der Waals surface area contributed by atoms with Crippen molar-refractivity contribution in [2.24, 2.45) is 11.5 Å². The van der Waals surface area contributed by atoms with Gasteiger partial charge in [0.1, 0.15) is 0 Å². The summed E-state index contributed by atoms with van der Waals surface area (Å²) in [6, 6.07) is 0. The van der Waals surface area contributed by atoms with E-state index in [1.165, 1.54) is 0 Å². The van der Waals surface area contributed by atoms with Crippen LogP contribution in [0.5, 0.6) is 0 Å². The highest BCUT2D eigenvalue weighted by molar-refractivity contribution is 4.53. The van der Waals surface area contributed by atoms with E-state index in [0.717, 1.165) is 32.7 Å². The molecule has 0 radical (unpaired) electrons. The second kappa shape index (κ2) is 10.8. The largest absolute Gasteiger partial charge is 0.329 e. The Balaban J connectivity index is 2.73. The number of hydrogen-bond donors (Lipinski definition) is 5. The van der Waals surface area contributed by atoms with Crippen molar-refractivity contribution < 1.29 is 0 Å². The van der Waals surface area contributed by atoms with Crippen LogP contribution < -0.4 is 27.4 Å². The Kier molecular flexibility index (Phi) is 10.6. The molecule has 5 heteroatoms. The molecule has 0 heterocycles. The highest BCUT2D eigenvalue weighted by Gasteiger charge is 1.86. The SMILES string of the molecule is NCCNCCNCCNCN. The van der Waals surface area contributed by atoms with Crippen molar-refractivity contribution in [2.45, 2.75) is 0 Å². The fraction of sp³-hybridized carbons (Fsp3) is 1.00. The summed E-state index contributed by atoms with van der Waals surface area (Å²) < 4.78 is 0. The van der Waals surface area contributed by atoms with Gasteiger partial charge in [0, 0.05) is 45.9 Å². The lowest BCUT2D eigenvalue weighted by Crippen LogP contribution is -2.35. The van der Waals surface area contributed by atoms with Crippen LogP contribution in [0, 0.1) is 0 Å². The molecule has 7 N–H and O–H groups in total. The molecule has 0 aliphatic carbocycles. The minimum Gasteiger partial charge on any atom is -0.329 e. The maximum atomic E-state index is 5.30. The lowest BCUT2D eigenvalue weighted by molar-refractivity contribution is 0.587. The quantitative estimate of drug-likeness (QED) is 0.200. The Hall–Kier alpha value is -0.200. The Morgan fingerprint density at radius 2 is 1.17 bits per heavy atom. The molecule has 5 nitrogen and oxygen atoms in total. The summed E-state index contributed by atoms with van der Waals surface area (Å²) in [5.74, 6) is 0.